The third-order valence-electron chi connectivity index (χ3n) is 6.42. The highest BCUT2D eigenvalue weighted by Crippen LogP contribution is 2.19. The van der Waals surface area contributed by atoms with Gasteiger partial charge in [-0.25, -0.2) is 0 Å². The Labute approximate surface area is 222 Å². The number of fused-ring (bicyclic) bond motifs is 1. The fraction of sp³-hybridized carbons (Fsp3) is 0.429. The number of likely N-dealkylation sites (N-methyl/N-ethyl adjacent to an activating group) is 2. The number of carbonyl (C=O) groups excluding carboxylic acids is 4. The number of hydrogen-bond acceptors (Lipinski definition) is 6. The van der Waals surface area contributed by atoms with Crippen molar-refractivity contribution in [1.29, 1.82) is 0 Å². The lowest BCUT2D eigenvalue weighted by atomic mass is 10.0. The van der Waals surface area contributed by atoms with Crippen LogP contribution >= 0.6 is 0 Å². The summed E-state index contributed by atoms with van der Waals surface area (Å²) in [4.78, 5) is 56.3. The smallest absolute Gasteiger partial charge is 0.255 e. The van der Waals surface area contributed by atoms with Crippen molar-refractivity contribution >= 4 is 23.6 Å². The normalized spacial score (nSPS) is 18.9. The Balaban J connectivity index is 1.97. The van der Waals surface area contributed by atoms with Gasteiger partial charge in [0, 0.05) is 26.1 Å². The molecule has 0 saturated carbocycles. The second-order valence-electron chi connectivity index (χ2n) is 8.94. The third-order valence-corrected chi connectivity index (χ3v) is 6.42. The Morgan fingerprint density at radius 3 is 2.45 bits per heavy atom. The first-order chi connectivity index (χ1) is 18.4. The molecule has 2 atom stereocenters. The number of carbonyl (C=O) groups is 4. The molecule has 3 rings (SSSR count). The van der Waals surface area contributed by atoms with Crippen molar-refractivity contribution in [1.82, 2.24) is 20.4 Å². The first kappa shape index (κ1) is 28.6. The van der Waals surface area contributed by atoms with Gasteiger partial charge >= 0.3 is 0 Å². The summed E-state index contributed by atoms with van der Waals surface area (Å²) in [5.74, 6) is -1.56. The zero-order chi connectivity index (χ0) is 27.5. The van der Waals surface area contributed by atoms with E-state index >= 15 is 0 Å². The molecule has 1 aliphatic heterocycles. The summed E-state index contributed by atoms with van der Waals surface area (Å²) in [5.41, 5.74) is 1.08. The molecule has 0 spiro atoms. The second kappa shape index (κ2) is 14.1. The molecule has 10 nitrogen and oxygen atoms in total. The van der Waals surface area contributed by atoms with Crippen molar-refractivity contribution in [3.05, 3.63) is 65.7 Å². The molecule has 0 radical (unpaired) electrons. The molecule has 10 heteroatoms. The fourth-order valence-corrected chi connectivity index (χ4v) is 4.38. The van der Waals surface area contributed by atoms with E-state index in [0.29, 0.717) is 12.3 Å². The van der Waals surface area contributed by atoms with Gasteiger partial charge in [-0.2, -0.15) is 0 Å². The summed E-state index contributed by atoms with van der Waals surface area (Å²) in [6.07, 6.45) is -0.109. The van der Waals surface area contributed by atoms with Crippen molar-refractivity contribution in [2.45, 2.75) is 38.8 Å². The van der Waals surface area contributed by atoms with E-state index in [0.717, 1.165) is 5.56 Å². The number of aliphatic hydroxyl groups is 1. The van der Waals surface area contributed by atoms with Crippen molar-refractivity contribution < 1.29 is 29.0 Å². The lowest BCUT2D eigenvalue weighted by Gasteiger charge is -2.29. The van der Waals surface area contributed by atoms with E-state index in [9.17, 15) is 24.3 Å². The molecule has 1 aliphatic rings. The molecule has 0 saturated heterocycles. The van der Waals surface area contributed by atoms with E-state index < -0.39 is 29.8 Å². The van der Waals surface area contributed by atoms with Crippen LogP contribution in [0.15, 0.2) is 54.6 Å². The number of benzene rings is 2. The lowest BCUT2D eigenvalue weighted by molar-refractivity contribution is -0.138. The average Bonchev–Trinajstić information content (AvgIpc) is 2.93. The Morgan fingerprint density at radius 2 is 1.76 bits per heavy atom. The van der Waals surface area contributed by atoms with Crippen LogP contribution in [-0.2, 0) is 20.8 Å². The monoisotopic (exact) mass is 524 g/mol. The molecule has 0 fully saturated rings. The van der Waals surface area contributed by atoms with Crippen molar-refractivity contribution in [3.8, 4) is 5.75 Å². The van der Waals surface area contributed by atoms with Crippen LogP contribution in [0.4, 0.5) is 0 Å². The van der Waals surface area contributed by atoms with Gasteiger partial charge in [0.2, 0.25) is 17.7 Å². The van der Waals surface area contributed by atoms with Gasteiger partial charge in [-0.15, -0.1) is 0 Å². The second-order valence-corrected chi connectivity index (χ2v) is 8.94. The topological polar surface area (TPSA) is 128 Å². The average molecular weight is 525 g/mol. The van der Waals surface area contributed by atoms with Gasteiger partial charge in [0.1, 0.15) is 24.4 Å². The maximum atomic E-state index is 13.5. The molecule has 1 heterocycles. The molecule has 3 N–H and O–H groups in total. The van der Waals surface area contributed by atoms with Crippen molar-refractivity contribution in [2.24, 2.45) is 0 Å². The summed E-state index contributed by atoms with van der Waals surface area (Å²) < 4.78 is 5.89. The van der Waals surface area contributed by atoms with Crippen LogP contribution in [0.5, 0.6) is 5.75 Å². The molecule has 0 aliphatic carbocycles. The summed E-state index contributed by atoms with van der Waals surface area (Å²) >= 11 is 0. The van der Waals surface area contributed by atoms with E-state index in [4.69, 9.17) is 4.74 Å². The zero-order valence-electron chi connectivity index (χ0n) is 21.9. The highest BCUT2D eigenvalue weighted by atomic mass is 16.5. The molecule has 4 amide bonds. The molecule has 2 aromatic carbocycles. The van der Waals surface area contributed by atoms with Crippen LogP contribution in [0.25, 0.3) is 0 Å². The minimum absolute atomic E-state index is 0.0591. The molecule has 0 unspecified atom stereocenters. The highest BCUT2D eigenvalue weighted by molar-refractivity contribution is 6.01. The van der Waals surface area contributed by atoms with Gasteiger partial charge in [0.25, 0.3) is 5.91 Å². The van der Waals surface area contributed by atoms with E-state index in [1.807, 2.05) is 37.3 Å². The van der Waals surface area contributed by atoms with Gasteiger partial charge < -0.3 is 30.3 Å². The lowest BCUT2D eigenvalue weighted by Crippen LogP contribution is -2.54. The largest absolute Gasteiger partial charge is 0.491 e. The SMILES string of the molecule is CCN(CCO)C(=O)[C@@H]1CC(=O)N[C@H](Cc2ccccc2)C(=O)N(CC)CCOc2ccccc2C(=O)N1. The molecular formula is C28H36N4O6. The van der Waals surface area contributed by atoms with Gasteiger partial charge in [-0.1, -0.05) is 42.5 Å². The van der Waals surface area contributed by atoms with Gasteiger partial charge in [0.15, 0.2) is 0 Å². The van der Waals surface area contributed by atoms with Gasteiger partial charge in [0.05, 0.1) is 25.1 Å². The summed E-state index contributed by atoms with van der Waals surface area (Å²) in [7, 11) is 0. The maximum absolute atomic E-state index is 13.5. The molecule has 0 bridgehead atoms. The minimum Gasteiger partial charge on any atom is -0.491 e. The van der Waals surface area contributed by atoms with Crippen LogP contribution in [0.1, 0.15) is 36.2 Å². The number of ether oxygens (including phenoxy) is 1. The predicted molar refractivity (Wildman–Crippen MR) is 141 cm³/mol. The number of hydrogen-bond donors (Lipinski definition) is 3. The Hall–Kier alpha value is -3.92. The maximum Gasteiger partial charge on any atom is 0.255 e. The first-order valence-corrected chi connectivity index (χ1v) is 12.9. The quantitative estimate of drug-likeness (QED) is 0.496. The van der Waals surface area contributed by atoms with Crippen LogP contribution in [0.3, 0.4) is 0 Å². The number of nitrogens with zero attached hydrogens (tertiary/aromatic N) is 2. The molecule has 38 heavy (non-hydrogen) atoms. The first-order valence-electron chi connectivity index (χ1n) is 12.9. The van der Waals surface area contributed by atoms with Crippen molar-refractivity contribution in [3.63, 3.8) is 0 Å². The summed E-state index contributed by atoms with van der Waals surface area (Å²) in [6, 6.07) is 13.9. The number of rotatable bonds is 7. The molecular weight excluding hydrogens is 488 g/mol. The summed E-state index contributed by atoms with van der Waals surface area (Å²) in [5, 5.41) is 14.9. The molecule has 204 valence electrons. The van der Waals surface area contributed by atoms with Crippen LogP contribution in [0.2, 0.25) is 0 Å². The van der Waals surface area contributed by atoms with Gasteiger partial charge in [-0.05, 0) is 31.5 Å². The minimum atomic E-state index is -1.21. The fourth-order valence-electron chi connectivity index (χ4n) is 4.38. The number of para-hydroxylation sites is 1. The van der Waals surface area contributed by atoms with E-state index in [-0.39, 0.29) is 57.2 Å². The molecule has 0 aromatic heterocycles. The van der Waals surface area contributed by atoms with Crippen LogP contribution in [0, 0.1) is 0 Å². The molecule has 2 aromatic rings. The zero-order valence-corrected chi connectivity index (χ0v) is 21.9. The Kier molecular flexibility index (Phi) is 10.7. The number of aliphatic hydroxyl groups excluding tert-OH is 1. The van der Waals surface area contributed by atoms with E-state index in [1.54, 1.807) is 36.1 Å². The summed E-state index contributed by atoms with van der Waals surface area (Å²) in [6.45, 7) is 4.48. The Morgan fingerprint density at radius 1 is 1.05 bits per heavy atom. The van der Waals surface area contributed by atoms with E-state index in [1.165, 1.54) is 4.90 Å². The predicted octanol–water partition coefficient (Wildman–Crippen LogP) is 0.984. The Bertz CT molecular complexity index is 1110. The van der Waals surface area contributed by atoms with Crippen molar-refractivity contribution in [2.75, 3.05) is 39.4 Å². The van der Waals surface area contributed by atoms with Crippen LogP contribution in [-0.4, -0.2) is 90.0 Å². The van der Waals surface area contributed by atoms with Gasteiger partial charge in [-0.3, -0.25) is 19.2 Å². The number of amides is 4. The van der Waals surface area contributed by atoms with E-state index in [2.05, 4.69) is 10.6 Å². The third kappa shape index (κ3) is 7.55. The standard InChI is InChI=1S/C28H36N4O6/c1-3-31(14-16-33)28(37)23-19-25(34)29-22(18-20-10-6-5-7-11-20)27(36)32(4-2)15-17-38-24-13-9-8-12-21(24)26(35)30-23/h5-13,22-23,33H,3-4,14-19H2,1-2H3,(H,29,34)(H,30,35)/t22-,23+/m1/s1. The highest BCUT2D eigenvalue weighted by Gasteiger charge is 2.32. The number of nitrogens with one attached hydrogen (secondary N) is 2. The van der Waals surface area contributed by atoms with Crippen LogP contribution < -0.4 is 15.4 Å².